The standard InChI is InChI=1S/C20H35F3N6/c1-4-24-19(27-13-18-25-9-12-29(18)14-16(2)3)26-8-5-17-6-10-28(11-7-17)15-20(21,22)23/h9,12,16-17H,4-8,10-11,13-15H2,1-3H3,(H2,24,26,27). The fraction of sp³-hybridized carbons (Fsp3) is 0.800. The third-order valence-corrected chi connectivity index (χ3v) is 5.04. The van der Waals surface area contributed by atoms with Gasteiger partial charge in [0.2, 0.25) is 0 Å². The molecule has 29 heavy (non-hydrogen) atoms. The van der Waals surface area contributed by atoms with E-state index < -0.39 is 12.7 Å². The molecule has 9 heteroatoms. The number of halogens is 3. The Labute approximate surface area is 172 Å². The molecule has 0 amide bonds. The first kappa shape index (κ1) is 23.5. The number of hydrogen-bond donors (Lipinski definition) is 2. The number of nitrogens with zero attached hydrogens (tertiary/aromatic N) is 4. The molecule has 1 aromatic heterocycles. The zero-order valence-electron chi connectivity index (χ0n) is 17.8. The first-order chi connectivity index (χ1) is 13.8. The second-order valence-electron chi connectivity index (χ2n) is 8.13. The number of aliphatic imine (C=N–C) groups is 1. The number of aromatic nitrogens is 2. The summed E-state index contributed by atoms with van der Waals surface area (Å²) in [6.45, 7) is 9.58. The van der Waals surface area contributed by atoms with Gasteiger partial charge in [0, 0.05) is 32.0 Å². The maximum Gasteiger partial charge on any atom is 0.401 e. The van der Waals surface area contributed by atoms with Crippen LogP contribution in [0.4, 0.5) is 13.2 Å². The molecule has 0 bridgehead atoms. The van der Waals surface area contributed by atoms with Gasteiger partial charge in [0.15, 0.2) is 5.96 Å². The van der Waals surface area contributed by atoms with Gasteiger partial charge in [-0.1, -0.05) is 13.8 Å². The molecule has 2 N–H and O–H groups in total. The van der Waals surface area contributed by atoms with Gasteiger partial charge in [-0.3, -0.25) is 4.90 Å². The normalized spacial score (nSPS) is 17.1. The molecule has 0 radical (unpaired) electrons. The molecule has 0 saturated carbocycles. The number of rotatable bonds is 9. The monoisotopic (exact) mass is 416 g/mol. The summed E-state index contributed by atoms with van der Waals surface area (Å²) >= 11 is 0. The zero-order valence-corrected chi connectivity index (χ0v) is 17.8. The number of likely N-dealkylation sites (tertiary alicyclic amines) is 1. The van der Waals surface area contributed by atoms with Gasteiger partial charge in [-0.25, -0.2) is 9.98 Å². The van der Waals surface area contributed by atoms with Crippen molar-refractivity contribution < 1.29 is 13.2 Å². The Hall–Kier alpha value is -1.77. The zero-order chi connectivity index (χ0) is 21.3. The lowest BCUT2D eigenvalue weighted by atomic mass is 9.93. The molecule has 166 valence electrons. The third kappa shape index (κ3) is 9.06. The molecule has 0 unspecified atom stereocenters. The quantitative estimate of drug-likeness (QED) is 0.479. The Morgan fingerprint density at radius 1 is 1.28 bits per heavy atom. The van der Waals surface area contributed by atoms with E-state index >= 15 is 0 Å². The first-order valence-corrected chi connectivity index (χ1v) is 10.6. The van der Waals surface area contributed by atoms with Crippen molar-refractivity contribution in [3.8, 4) is 0 Å². The lowest BCUT2D eigenvalue weighted by Gasteiger charge is -2.32. The van der Waals surface area contributed by atoms with Crippen molar-refractivity contribution in [2.24, 2.45) is 16.8 Å². The molecule has 1 saturated heterocycles. The number of imidazole rings is 1. The Morgan fingerprint density at radius 2 is 2.00 bits per heavy atom. The van der Waals surface area contributed by atoms with Crippen LogP contribution in [0, 0.1) is 11.8 Å². The van der Waals surface area contributed by atoms with E-state index in [1.807, 2.05) is 13.1 Å². The van der Waals surface area contributed by atoms with Crippen LogP contribution in [0.2, 0.25) is 0 Å². The van der Waals surface area contributed by atoms with Crippen molar-refractivity contribution >= 4 is 5.96 Å². The van der Waals surface area contributed by atoms with Crippen molar-refractivity contribution in [3.05, 3.63) is 18.2 Å². The number of alkyl halides is 3. The van der Waals surface area contributed by atoms with E-state index in [4.69, 9.17) is 0 Å². The van der Waals surface area contributed by atoms with Crippen LogP contribution in [-0.4, -0.2) is 59.3 Å². The molecule has 0 atom stereocenters. The minimum Gasteiger partial charge on any atom is -0.357 e. The smallest absolute Gasteiger partial charge is 0.357 e. The van der Waals surface area contributed by atoms with Crippen LogP contribution in [0.3, 0.4) is 0 Å². The molecule has 0 spiro atoms. The minimum atomic E-state index is -4.10. The second-order valence-corrected chi connectivity index (χ2v) is 8.13. The molecule has 2 heterocycles. The topological polar surface area (TPSA) is 57.5 Å². The predicted octanol–water partition coefficient (Wildman–Crippen LogP) is 3.26. The molecule has 2 rings (SSSR count). The average Bonchev–Trinajstić information content (AvgIpc) is 3.06. The summed E-state index contributed by atoms with van der Waals surface area (Å²) in [6, 6.07) is 0. The lowest BCUT2D eigenvalue weighted by molar-refractivity contribution is -0.148. The highest BCUT2D eigenvalue weighted by Gasteiger charge is 2.32. The molecular weight excluding hydrogens is 381 g/mol. The van der Waals surface area contributed by atoms with Gasteiger partial charge in [-0.2, -0.15) is 13.2 Å². The van der Waals surface area contributed by atoms with Gasteiger partial charge < -0.3 is 15.2 Å². The van der Waals surface area contributed by atoms with Crippen LogP contribution in [0.1, 0.15) is 45.9 Å². The Bertz CT molecular complexity index is 618. The van der Waals surface area contributed by atoms with Gasteiger partial charge in [0.1, 0.15) is 12.4 Å². The van der Waals surface area contributed by atoms with Crippen molar-refractivity contribution in [1.82, 2.24) is 25.1 Å². The molecule has 6 nitrogen and oxygen atoms in total. The van der Waals surface area contributed by atoms with Crippen LogP contribution in [-0.2, 0) is 13.1 Å². The van der Waals surface area contributed by atoms with Gasteiger partial charge in [0.05, 0.1) is 6.54 Å². The summed E-state index contributed by atoms with van der Waals surface area (Å²) in [4.78, 5) is 10.5. The maximum atomic E-state index is 12.5. The number of hydrogen-bond acceptors (Lipinski definition) is 3. The average molecular weight is 417 g/mol. The lowest BCUT2D eigenvalue weighted by Crippen LogP contribution is -2.41. The van der Waals surface area contributed by atoms with Gasteiger partial charge in [0.25, 0.3) is 0 Å². The molecule has 0 aliphatic carbocycles. The van der Waals surface area contributed by atoms with Crippen LogP contribution in [0.25, 0.3) is 0 Å². The first-order valence-electron chi connectivity index (χ1n) is 10.6. The molecular formula is C20H35F3N6. The Morgan fingerprint density at radius 3 is 2.62 bits per heavy atom. The fourth-order valence-electron chi connectivity index (χ4n) is 3.62. The van der Waals surface area contributed by atoms with E-state index in [-0.39, 0.29) is 0 Å². The Kier molecular flexibility index (Phi) is 9.26. The second kappa shape index (κ2) is 11.4. The van der Waals surface area contributed by atoms with Crippen LogP contribution in [0.5, 0.6) is 0 Å². The molecule has 1 aliphatic heterocycles. The van der Waals surface area contributed by atoms with Gasteiger partial charge in [-0.15, -0.1) is 0 Å². The molecule has 1 aromatic rings. The van der Waals surface area contributed by atoms with Crippen molar-refractivity contribution in [1.29, 1.82) is 0 Å². The summed E-state index contributed by atoms with van der Waals surface area (Å²) < 4.78 is 39.6. The van der Waals surface area contributed by atoms with Crippen LogP contribution >= 0.6 is 0 Å². The minimum absolute atomic E-state index is 0.458. The van der Waals surface area contributed by atoms with E-state index in [0.717, 1.165) is 50.7 Å². The van der Waals surface area contributed by atoms with E-state index in [1.54, 1.807) is 6.20 Å². The maximum absolute atomic E-state index is 12.5. The summed E-state index contributed by atoms with van der Waals surface area (Å²) in [5, 5.41) is 6.59. The van der Waals surface area contributed by atoms with E-state index in [0.29, 0.717) is 31.5 Å². The highest BCUT2D eigenvalue weighted by molar-refractivity contribution is 5.79. The van der Waals surface area contributed by atoms with E-state index in [2.05, 4.69) is 39.0 Å². The van der Waals surface area contributed by atoms with Gasteiger partial charge in [-0.05, 0) is 51.1 Å². The third-order valence-electron chi connectivity index (χ3n) is 5.04. The fourth-order valence-corrected chi connectivity index (χ4v) is 3.62. The summed E-state index contributed by atoms with van der Waals surface area (Å²) in [6.07, 6.45) is 2.26. The number of nitrogens with one attached hydrogen (secondary N) is 2. The van der Waals surface area contributed by atoms with Crippen LogP contribution < -0.4 is 10.6 Å². The van der Waals surface area contributed by atoms with Crippen LogP contribution in [0.15, 0.2) is 17.4 Å². The number of guanidine groups is 1. The predicted molar refractivity (Wildman–Crippen MR) is 110 cm³/mol. The number of piperidine rings is 1. The van der Waals surface area contributed by atoms with Gasteiger partial charge >= 0.3 is 6.18 Å². The molecule has 1 aliphatic rings. The molecule has 0 aromatic carbocycles. The van der Waals surface area contributed by atoms with Crippen molar-refractivity contribution in [2.75, 3.05) is 32.7 Å². The molecule has 1 fully saturated rings. The van der Waals surface area contributed by atoms with E-state index in [9.17, 15) is 13.2 Å². The highest BCUT2D eigenvalue weighted by Crippen LogP contribution is 2.23. The largest absolute Gasteiger partial charge is 0.401 e. The van der Waals surface area contributed by atoms with Crippen molar-refractivity contribution in [3.63, 3.8) is 0 Å². The summed E-state index contributed by atoms with van der Waals surface area (Å²) in [5.74, 6) is 2.69. The summed E-state index contributed by atoms with van der Waals surface area (Å²) in [5.41, 5.74) is 0. The van der Waals surface area contributed by atoms with Crippen molar-refractivity contribution in [2.45, 2.75) is 59.3 Å². The Balaban J connectivity index is 1.75. The SMILES string of the molecule is CCNC(=NCc1nccn1CC(C)C)NCCC1CCN(CC(F)(F)F)CC1. The summed E-state index contributed by atoms with van der Waals surface area (Å²) in [7, 11) is 0. The highest BCUT2D eigenvalue weighted by atomic mass is 19.4. The van der Waals surface area contributed by atoms with E-state index in [1.165, 1.54) is 4.90 Å².